The van der Waals surface area contributed by atoms with Crippen molar-refractivity contribution in [3.63, 3.8) is 0 Å². The van der Waals surface area contributed by atoms with E-state index in [0.29, 0.717) is 18.7 Å². The molecule has 0 saturated carbocycles. The van der Waals surface area contributed by atoms with E-state index in [-0.39, 0.29) is 18.0 Å². The molecule has 0 aliphatic heterocycles. The van der Waals surface area contributed by atoms with Crippen LogP contribution in [0.3, 0.4) is 0 Å². The van der Waals surface area contributed by atoms with Crippen LogP contribution in [0, 0.1) is 0 Å². The third-order valence-corrected chi connectivity index (χ3v) is 4.05. The van der Waals surface area contributed by atoms with Gasteiger partial charge in [0, 0.05) is 30.6 Å². The van der Waals surface area contributed by atoms with Gasteiger partial charge in [0.15, 0.2) is 0 Å². The van der Waals surface area contributed by atoms with Crippen molar-refractivity contribution in [2.75, 3.05) is 13.7 Å². The van der Waals surface area contributed by atoms with Crippen molar-refractivity contribution < 1.29 is 9.53 Å². The molecule has 1 N–H and O–H groups in total. The Bertz CT molecular complexity index is 970. The third kappa shape index (κ3) is 4.78. The molecule has 0 bridgehead atoms. The summed E-state index contributed by atoms with van der Waals surface area (Å²) in [6.45, 7) is 0.307. The molecule has 0 fully saturated rings. The number of nitrogens with one attached hydrogen (secondary N) is 1. The van der Waals surface area contributed by atoms with Crippen LogP contribution in [0.5, 0.6) is 5.75 Å². The number of amides is 1. The van der Waals surface area contributed by atoms with Gasteiger partial charge in [0.1, 0.15) is 12.3 Å². The zero-order chi connectivity index (χ0) is 19.1. The zero-order valence-corrected chi connectivity index (χ0v) is 15.0. The molecule has 0 saturated heterocycles. The Morgan fingerprint density at radius 3 is 2.67 bits per heavy atom. The van der Waals surface area contributed by atoms with Crippen LogP contribution >= 0.6 is 0 Å². The van der Waals surface area contributed by atoms with Crippen molar-refractivity contribution in [1.29, 1.82) is 0 Å². The first kappa shape index (κ1) is 18.3. The molecule has 2 aromatic heterocycles. The third-order valence-electron chi connectivity index (χ3n) is 4.05. The van der Waals surface area contributed by atoms with Crippen LogP contribution in [0.2, 0.25) is 0 Å². The van der Waals surface area contributed by atoms with Crippen LogP contribution in [0.15, 0.2) is 65.7 Å². The fraction of sp³-hybridized carbons (Fsp3) is 0.200. The van der Waals surface area contributed by atoms with Gasteiger partial charge in [-0.05, 0) is 36.2 Å². The Labute approximate surface area is 156 Å². The van der Waals surface area contributed by atoms with E-state index in [4.69, 9.17) is 4.74 Å². The number of para-hydroxylation sites is 1. The van der Waals surface area contributed by atoms with Gasteiger partial charge in [0.05, 0.1) is 12.8 Å². The second-order valence-corrected chi connectivity index (χ2v) is 5.86. The van der Waals surface area contributed by atoms with Crippen LogP contribution in [0.25, 0.3) is 11.3 Å². The van der Waals surface area contributed by atoms with Crippen LogP contribution in [-0.2, 0) is 17.8 Å². The Kier molecular flexibility index (Phi) is 5.94. The minimum absolute atomic E-state index is 0.135. The highest BCUT2D eigenvalue weighted by atomic mass is 16.5. The maximum atomic E-state index is 12.2. The van der Waals surface area contributed by atoms with Gasteiger partial charge < -0.3 is 10.1 Å². The smallest absolute Gasteiger partial charge is 0.267 e. The number of hydrogen-bond donors (Lipinski definition) is 1. The first-order chi connectivity index (χ1) is 13.2. The molecule has 3 aromatic rings. The van der Waals surface area contributed by atoms with Gasteiger partial charge in [-0.1, -0.05) is 18.2 Å². The molecule has 27 heavy (non-hydrogen) atoms. The molecular weight excluding hydrogens is 344 g/mol. The number of hydrogen-bond acceptors (Lipinski definition) is 5. The predicted molar refractivity (Wildman–Crippen MR) is 101 cm³/mol. The minimum Gasteiger partial charge on any atom is -0.496 e. The number of ether oxygens (including phenoxy) is 1. The molecule has 0 aliphatic rings. The highest BCUT2D eigenvalue weighted by molar-refractivity contribution is 5.75. The van der Waals surface area contributed by atoms with Gasteiger partial charge in [0.25, 0.3) is 5.56 Å². The molecule has 138 valence electrons. The Balaban J connectivity index is 1.62. The summed E-state index contributed by atoms with van der Waals surface area (Å²) in [5.41, 5.74) is 2.12. The predicted octanol–water partition coefficient (Wildman–Crippen LogP) is 1.67. The second kappa shape index (κ2) is 8.75. The molecule has 1 amide bonds. The highest BCUT2D eigenvalue weighted by Gasteiger charge is 2.08. The largest absolute Gasteiger partial charge is 0.496 e. The average Bonchev–Trinajstić information content (AvgIpc) is 2.70. The normalized spacial score (nSPS) is 10.4. The molecule has 2 heterocycles. The van der Waals surface area contributed by atoms with Gasteiger partial charge in [0.2, 0.25) is 5.91 Å². The molecule has 0 unspecified atom stereocenters. The van der Waals surface area contributed by atoms with Gasteiger partial charge in [-0.15, -0.1) is 0 Å². The lowest BCUT2D eigenvalue weighted by Crippen LogP contribution is -2.34. The Morgan fingerprint density at radius 2 is 1.89 bits per heavy atom. The fourth-order valence-corrected chi connectivity index (χ4v) is 2.68. The van der Waals surface area contributed by atoms with Crippen molar-refractivity contribution in [2.45, 2.75) is 13.0 Å². The zero-order valence-electron chi connectivity index (χ0n) is 15.0. The lowest BCUT2D eigenvalue weighted by Gasteiger charge is -2.10. The van der Waals surface area contributed by atoms with Crippen LogP contribution in [-0.4, -0.2) is 34.3 Å². The number of nitrogens with zero attached hydrogens (tertiary/aromatic N) is 3. The van der Waals surface area contributed by atoms with E-state index >= 15 is 0 Å². The number of carbonyl (C=O) groups is 1. The SMILES string of the molecule is COc1ccccc1CCNC(=O)Cn1nc(-c2ccncc2)ccc1=O. The van der Waals surface area contributed by atoms with E-state index in [1.807, 2.05) is 24.3 Å². The van der Waals surface area contributed by atoms with Crippen LogP contribution < -0.4 is 15.6 Å². The second-order valence-electron chi connectivity index (χ2n) is 5.86. The number of benzene rings is 1. The standard InChI is InChI=1S/C20H20N4O3/c1-27-18-5-3-2-4-16(18)10-13-22-19(25)14-24-20(26)7-6-17(23-24)15-8-11-21-12-9-15/h2-9,11-12H,10,13-14H2,1H3,(H,22,25). The Morgan fingerprint density at radius 1 is 1.11 bits per heavy atom. The minimum atomic E-state index is -0.326. The van der Waals surface area contributed by atoms with Crippen LogP contribution in [0.4, 0.5) is 0 Å². The van der Waals surface area contributed by atoms with Gasteiger partial charge in [-0.2, -0.15) is 5.10 Å². The quantitative estimate of drug-likeness (QED) is 0.689. The molecule has 1 aromatic carbocycles. The molecule has 3 rings (SSSR count). The van der Waals surface area contributed by atoms with E-state index in [9.17, 15) is 9.59 Å². The maximum absolute atomic E-state index is 12.2. The van der Waals surface area contributed by atoms with Gasteiger partial charge in [-0.25, -0.2) is 4.68 Å². The Hall–Kier alpha value is -3.48. The molecule has 0 aliphatic carbocycles. The van der Waals surface area contributed by atoms with Crippen molar-refractivity contribution in [2.24, 2.45) is 0 Å². The van der Waals surface area contributed by atoms with E-state index in [0.717, 1.165) is 21.6 Å². The first-order valence-corrected chi connectivity index (χ1v) is 8.54. The number of rotatable bonds is 7. The van der Waals surface area contributed by atoms with E-state index < -0.39 is 0 Å². The average molecular weight is 364 g/mol. The summed E-state index contributed by atoms with van der Waals surface area (Å²) in [6, 6.07) is 14.3. The molecule has 0 atom stereocenters. The molecule has 0 radical (unpaired) electrons. The summed E-state index contributed by atoms with van der Waals surface area (Å²) in [7, 11) is 1.62. The summed E-state index contributed by atoms with van der Waals surface area (Å²) in [5, 5.41) is 7.08. The first-order valence-electron chi connectivity index (χ1n) is 8.54. The van der Waals surface area contributed by atoms with Crippen molar-refractivity contribution >= 4 is 5.91 Å². The molecular formula is C20H20N4O3. The van der Waals surface area contributed by atoms with E-state index in [2.05, 4.69) is 15.4 Å². The molecule has 0 spiro atoms. The number of carbonyl (C=O) groups excluding carboxylic acids is 1. The lowest BCUT2D eigenvalue weighted by atomic mass is 10.1. The summed E-state index contributed by atoms with van der Waals surface area (Å²) in [5.74, 6) is 0.515. The van der Waals surface area contributed by atoms with Crippen LogP contribution in [0.1, 0.15) is 5.56 Å². The number of methoxy groups -OCH3 is 1. The summed E-state index contributed by atoms with van der Waals surface area (Å²) in [4.78, 5) is 28.2. The van der Waals surface area contributed by atoms with E-state index in [1.54, 1.807) is 37.7 Å². The highest BCUT2D eigenvalue weighted by Crippen LogP contribution is 2.17. The van der Waals surface area contributed by atoms with Gasteiger partial charge >= 0.3 is 0 Å². The van der Waals surface area contributed by atoms with Crippen molar-refractivity contribution in [3.05, 3.63) is 76.8 Å². The lowest BCUT2D eigenvalue weighted by molar-refractivity contribution is -0.121. The maximum Gasteiger partial charge on any atom is 0.267 e. The van der Waals surface area contributed by atoms with Crippen molar-refractivity contribution in [1.82, 2.24) is 20.1 Å². The fourth-order valence-electron chi connectivity index (χ4n) is 2.68. The number of pyridine rings is 1. The van der Waals surface area contributed by atoms with Gasteiger partial charge in [-0.3, -0.25) is 14.6 Å². The van der Waals surface area contributed by atoms with Crippen molar-refractivity contribution in [3.8, 4) is 17.0 Å². The monoisotopic (exact) mass is 364 g/mol. The summed E-state index contributed by atoms with van der Waals surface area (Å²) >= 11 is 0. The molecule has 7 nitrogen and oxygen atoms in total. The summed E-state index contributed by atoms with van der Waals surface area (Å²) < 4.78 is 6.46. The van der Waals surface area contributed by atoms with E-state index in [1.165, 1.54) is 6.07 Å². The summed E-state index contributed by atoms with van der Waals surface area (Å²) in [6.07, 6.45) is 3.93. The number of aromatic nitrogens is 3. The molecule has 7 heteroatoms. The topological polar surface area (TPSA) is 86.1 Å².